The molecule has 0 spiro atoms. The largest absolute Gasteiger partial charge is 0.490 e. The van der Waals surface area contributed by atoms with Gasteiger partial charge in [0.25, 0.3) is 0 Å². The number of aryl methyl sites for hydroxylation is 2. The second-order valence-electron chi connectivity index (χ2n) is 5.95. The Bertz CT molecular complexity index is 566. The average molecular weight is 281 g/mol. The molecule has 110 valence electrons. The highest BCUT2D eigenvalue weighted by molar-refractivity contribution is 5.47. The molecule has 21 heavy (non-hydrogen) atoms. The van der Waals surface area contributed by atoms with Crippen molar-refractivity contribution in [1.29, 1.82) is 0 Å². The van der Waals surface area contributed by atoms with Gasteiger partial charge in [-0.15, -0.1) is 0 Å². The van der Waals surface area contributed by atoms with Gasteiger partial charge in [-0.2, -0.15) is 0 Å². The molecule has 1 saturated heterocycles. The summed E-state index contributed by atoms with van der Waals surface area (Å²) >= 11 is 0. The first-order valence-electron chi connectivity index (χ1n) is 7.76. The molecular formula is C19H23NO. The second-order valence-corrected chi connectivity index (χ2v) is 5.95. The van der Waals surface area contributed by atoms with Crippen molar-refractivity contribution in [2.24, 2.45) is 0 Å². The fraction of sp³-hybridized carbons (Fsp3) is 0.368. The third-order valence-corrected chi connectivity index (χ3v) is 4.16. The number of nitrogens with zero attached hydrogens (tertiary/aromatic N) is 1. The lowest BCUT2D eigenvalue weighted by molar-refractivity contribution is 0.171. The summed E-state index contributed by atoms with van der Waals surface area (Å²) < 4.78 is 6.09. The van der Waals surface area contributed by atoms with Crippen LogP contribution in [0.1, 0.15) is 24.0 Å². The Balaban J connectivity index is 1.55. The van der Waals surface area contributed by atoms with Crippen LogP contribution in [0.3, 0.4) is 0 Å². The van der Waals surface area contributed by atoms with E-state index in [0.29, 0.717) is 6.10 Å². The minimum Gasteiger partial charge on any atom is -0.490 e. The fourth-order valence-electron chi connectivity index (χ4n) is 2.80. The molecule has 1 fully saturated rings. The van der Waals surface area contributed by atoms with E-state index in [1.165, 1.54) is 16.8 Å². The SMILES string of the molecule is Cc1ccc(OC2CCN(c3ccc(C)cc3)CC2)cc1. The molecule has 0 saturated carbocycles. The molecule has 3 rings (SSSR count). The van der Waals surface area contributed by atoms with Gasteiger partial charge in [-0.3, -0.25) is 0 Å². The summed E-state index contributed by atoms with van der Waals surface area (Å²) in [6, 6.07) is 17.2. The van der Waals surface area contributed by atoms with E-state index in [4.69, 9.17) is 4.74 Å². The number of anilines is 1. The minimum atomic E-state index is 0.342. The molecule has 0 aliphatic carbocycles. The molecule has 0 aromatic heterocycles. The molecule has 2 aromatic rings. The van der Waals surface area contributed by atoms with E-state index >= 15 is 0 Å². The van der Waals surface area contributed by atoms with E-state index in [9.17, 15) is 0 Å². The predicted molar refractivity (Wildman–Crippen MR) is 88.2 cm³/mol. The Morgan fingerprint density at radius 2 is 1.33 bits per heavy atom. The maximum Gasteiger partial charge on any atom is 0.119 e. The predicted octanol–water partition coefficient (Wildman–Crippen LogP) is 4.35. The number of benzene rings is 2. The van der Waals surface area contributed by atoms with Crippen LogP contribution in [0, 0.1) is 13.8 Å². The number of piperidine rings is 1. The van der Waals surface area contributed by atoms with Gasteiger partial charge in [-0.1, -0.05) is 35.4 Å². The Hall–Kier alpha value is -1.96. The van der Waals surface area contributed by atoms with Crippen LogP contribution in [0.5, 0.6) is 5.75 Å². The molecule has 0 atom stereocenters. The zero-order chi connectivity index (χ0) is 14.7. The van der Waals surface area contributed by atoms with Gasteiger partial charge in [-0.05, 0) is 38.1 Å². The van der Waals surface area contributed by atoms with Gasteiger partial charge >= 0.3 is 0 Å². The zero-order valence-corrected chi connectivity index (χ0v) is 12.9. The molecule has 2 aromatic carbocycles. The lowest BCUT2D eigenvalue weighted by Crippen LogP contribution is -2.38. The summed E-state index contributed by atoms with van der Waals surface area (Å²) in [5.74, 6) is 0.995. The fourth-order valence-corrected chi connectivity index (χ4v) is 2.80. The van der Waals surface area contributed by atoms with Crippen molar-refractivity contribution >= 4 is 5.69 Å². The first-order chi connectivity index (χ1) is 10.2. The standard InChI is InChI=1S/C19H23NO/c1-15-3-7-17(8-4-15)20-13-11-19(12-14-20)21-18-9-5-16(2)6-10-18/h3-10,19H,11-14H2,1-2H3. The van der Waals surface area contributed by atoms with Crippen molar-refractivity contribution in [3.05, 3.63) is 59.7 Å². The first-order valence-corrected chi connectivity index (χ1v) is 7.76. The van der Waals surface area contributed by atoms with Crippen molar-refractivity contribution < 1.29 is 4.74 Å². The van der Waals surface area contributed by atoms with Gasteiger partial charge in [0.1, 0.15) is 11.9 Å². The first kappa shape index (κ1) is 14.0. The monoisotopic (exact) mass is 281 g/mol. The quantitative estimate of drug-likeness (QED) is 0.829. The summed E-state index contributed by atoms with van der Waals surface area (Å²) in [6.45, 7) is 6.37. The Morgan fingerprint density at radius 1 is 0.810 bits per heavy atom. The van der Waals surface area contributed by atoms with E-state index in [1.54, 1.807) is 0 Å². The third-order valence-electron chi connectivity index (χ3n) is 4.16. The normalized spacial score (nSPS) is 16.0. The highest BCUT2D eigenvalue weighted by Crippen LogP contribution is 2.23. The summed E-state index contributed by atoms with van der Waals surface area (Å²) in [5, 5.41) is 0. The van der Waals surface area contributed by atoms with Gasteiger partial charge in [0.15, 0.2) is 0 Å². The molecule has 0 radical (unpaired) electrons. The van der Waals surface area contributed by atoms with Gasteiger partial charge in [0, 0.05) is 31.6 Å². The summed E-state index contributed by atoms with van der Waals surface area (Å²) in [5.41, 5.74) is 3.92. The third kappa shape index (κ3) is 3.57. The van der Waals surface area contributed by atoms with Crippen molar-refractivity contribution in [1.82, 2.24) is 0 Å². The molecule has 2 nitrogen and oxygen atoms in total. The van der Waals surface area contributed by atoms with Crippen LogP contribution < -0.4 is 9.64 Å². The van der Waals surface area contributed by atoms with Gasteiger partial charge in [0.2, 0.25) is 0 Å². The Morgan fingerprint density at radius 3 is 1.90 bits per heavy atom. The van der Waals surface area contributed by atoms with Crippen LogP contribution in [-0.4, -0.2) is 19.2 Å². The maximum absolute atomic E-state index is 6.09. The molecule has 1 heterocycles. The summed E-state index contributed by atoms with van der Waals surface area (Å²) in [7, 11) is 0. The summed E-state index contributed by atoms with van der Waals surface area (Å²) in [4.78, 5) is 2.45. The highest BCUT2D eigenvalue weighted by atomic mass is 16.5. The van der Waals surface area contributed by atoms with Crippen LogP contribution in [0.2, 0.25) is 0 Å². The second kappa shape index (κ2) is 6.21. The van der Waals surface area contributed by atoms with E-state index < -0.39 is 0 Å². The highest BCUT2D eigenvalue weighted by Gasteiger charge is 2.20. The van der Waals surface area contributed by atoms with Crippen LogP contribution in [0.25, 0.3) is 0 Å². The minimum absolute atomic E-state index is 0.342. The zero-order valence-electron chi connectivity index (χ0n) is 12.9. The van der Waals surface area contributed by atoms with Crippen LogP contribution in [0.15, 0.2) is 48.5 Å². The molecule has 0 N–H and O–H groups in total. The smallest absolute Gasteiger partial charge is 0.119 e. The molecule has 0 bridgehead atoms. The molecule has 0 unspecified atom stereocenters. The van der Waals surface area contributed by atoms with Crippen LogP contribution in [-0.2, 0) is 0 Å². The van der Waals surface area contributed by atoms with Gasteiger partial charge in [0.05, 0.1) is 0 Å². The van der Waals surface area contributed by atoms with Crippen molar-refractivity contribution in [2.45, 2.75) is 32.8 Å². The lowest BCUT2D eigenvalue weighted by atomic mass is 10.1. The molecule has 2 heteroatoms. The van der Waals surface area contributed by atoms with E-state index in [0.717, 1.165) is 31.7 Å². The average Bonchev–Trinajstić information content (AvgIpc) is 2.51. The van der Waals surface area contributed by atoms with Crippen molar-refractivity contribution in [2.75, 3.05) is 18.0 Å². The molecule has 1 aliphatic heterocycles. The molecular weight excluding hydrogens is 258 g/mol. The van der Waals surface area contributed by atoms with Gasteiger partial charge in [-0.25, -0.2) is 0 Å². The number of hydrogen-bond acceptors (Lipinski definition) is 2. The van der Waals surface area contributed by atoms with Crippen molar-refractivity contribution in [3.8, 4) is 5.75 Å². The summed E-state index contributed by atoms with van der Waals surface area (Å²) in [6.07, 6.45) is 2.51. The number of ether oxygens (including phenoxy) is 1. The Labute approximate surface area is 127 Å². The molecule has 1 aliphatic rings. The van der Waals surface area contributed by atoms with Gasteiger partial charge < -0.3 is 9.64 Å². The molecule has 0 amide bonds. The Kier molecular flexibility index (Phi) is 4.14. The van der Waals surface area contributed by atoms with E-state index in [1.807, 2.05) is 0 Å². The lowest BCUT2D eigenvalue weighted by Gasteiger charge is -2.33. The maximum atomic E-state index is 6.09. The van der Waals surface area contributed by atoms with E-state index in [2.05, 4.69) is 67.3 Å². The van der Waals surface area contributed by atoms with Crippen LogP contribution >= 0.6 is 0 Å². The number of rotatable bonds is 3. The van der Waals surface area contributed by atoms with Crippen molar-refractivity contribution in [3.63, 3.8) is 0 Å². The topological polar surface area (TPSA) is 12.5 Å². The number of hydrogen-bond donors (Lipinski definition) is 0. The van der Waals surface area contributed by atoms with Crippen LogP contribution in [0.4, 0.5) is 5.69 Å². The van der Waals surface area contributed by atoms with E-state index in [-0.39, 0.29) is 0 Å².